The van der Waals surface area contributed by atoms with E-state index in [2.05, 4.69) is 5.16 Å². The molecule has 0 amide bonds. The number of para-hydroxylation sites is 1. The number of thiophene rings is 1. The van der Waals surface area contributed by atoms with Crippen molar-refractivity contribution in [1.29, 1.82) is 0 Å². The number of carboxylic acid groups (broad SMARTS) is 1. The number of hydrogen-bond acceptors (Lipinski definition) is 4. The van der Waals surface area contributed by atoms with Crippen molar-refractivity contribution in [2.24, 2.45) is 5.16 Å². The predicted molar refractivity (Wildman–Crippen MR) is 65.6 cm³/mol. The van der Waals surface area contributed by atoms with Gasteiger partial charge in [0.1, 0.15) is 0 Å². The van der Waals surface area contributed by atoms with Gasteiger partial charge in [0.05, 0.1) is 4.88 Å². The van der Waals surface area contributed by atoms with Gasteiger partial charge >= 0.3 is 5.97 Å². The minimum absolute atomic E-state index is 0.0937. The van der Waals surface area contributed by atoms with Gasteiger partial charge in [-0.1, -0.05) is 29.4 Å². The molecule has 2 rings (SSSR count). The quantitative estimate of drug-likeness (QED) is 0.667. The SMILES string of the molecule is O=C(O)C(=NOc1ccccc1)c1cccs1. The third-order valence-electron chi connectivity index (χ3n) is 1.94. The van der Waals surface area contributed by atoms with Gasteiger partial charge < -0.3 is 9.94 Å². The second-order valence-electron chi connectivity index (χ2n) is 3.13. The molecule has 1 N–H and O–H groups in total. The normalized spacial score (nSPS) is 11.2. The summed E-state index contributed by atoms with van der Waals surface area (Å²) in [4.78, 5) is 16.6. The maximum Gasteiger partial charge on any atom is 0.359 e. The van der Waals surface area contributed by atoms with E-state index in [1.807, 2.05) is 6.07 Å². The molecule has 1 aromatic heterocycles. The summed E-state index contributed by atoms with van der Waals surface area (Å²) in [6, 6.07) is 12.3. The Kier molecular flexibility index (Phi) is 3.52. The molecule has 4 nitrogen and oxygen atoms in total. The maximum absolute atomic E-state index is 11.0. The van der Waals surface area contributed by atoms with Crippen LogP contribution in [0.15, 0.2) is 53.0 Å². The lowest BCUT2D eigenvalue weighted by atomic mass is 10.3. The topological polar surface area (TPSA) is 58.9 Å². The summed E-state index contributed by atoms with van der Waals surface area (Å²) in [6.07, 6.45) is 0. The fourth-order valence-electron chi connectivity index (χ4n) is 1.18. The first-order valence-electron chi connectivity index (χ1n) is 4.84. The largest absolute Gasteiger partial charge is 0.476 e. The van der Waals surface area contributed by atoms with Crippen LogP contribution in [0.3, 0.4) is 0 Å². The first-order valence-corrected chi connectivity index (χ1v) is 5.72. The van der Waals surface area contributed by atoms with Crippen LogP contribution in [0.5, 0.6) is 5.75 Å². The summed E-state index contributed by atoms with van der Waals surface area (Å²) >= 11 is 1.30. The number of carbonyl (C=O) groups is 1. The lowest BCUT2D eigenvalue weighted by molar-refractivity contribution is -0.129. The van der Waals surface area contributed by atoms with Crippen LogP contribution in [0, 0.1) is 0 Å². The van der Waals surface area contributed by atoms with Gasteiger partial charge in [0, 0.05) is 0 Å². The van der Waals surface area contributed by atoms with Crippen molar-refractivity contribution in [3.8, 4) is 5.75 Å². The molecule has 1 heterocycles. The Morgan fingerprint density at radius 2 is 1.94 bits per heavy atom. The second-order valence-corrected chi connectivity index (χ2v) is 4.07. The molecule has 0 aliphatic heterocycles. The van der Waals surface area contributed by atoms with E-state index in [-0.39, 0.29) is 5.71 Å². The average Bonchev–Trinajstić information content (AvgIpc) is 2.84. The highest BCUT2D eigenvalue weighted by Gasteiger charge is 2.14. The Balaban J connectivity index is 2.21. The Labute approximate surface area is 102 Å². The fourth-order valence-corrected chi connectivity index (χ4v) is 1.88. The Morgan fingerprint density at radius 3 is 2.53 bits per heavy atom. The molecule has 0 unspecified atom stereocenters. The molecule has 0 aliphatic rings. The minimum Gasteiger partial charge on any atom is -0.476 e. The lowest BCUT2D eigenvalue weighted by Crippen LogP contribution is -2.14. The van der Waals surface area contributed by atoms with Crippen LogP contribution in [0.1, 0.15) is 4.88 Å². The number of rotatable bonds is 4. The smallest absolute Gasteiger partial charge is 0.359 e. The predicted octanol–water partition coefficient (Wildman–Crippen LogP) is 2.62. The van der Waals surface area contributed by atoms with Crippen LogP contribution in [0.25, 0.3) is 0 Å². The van der Waals surface area contributed by atoms with Crippen molar-refractivity contribution in [2.75, 3.05) is 0 Å². The van der Waals surface area contributed by atoms with Crippen LogP contribution in [0.2, 0.25) is 0 Å². The van der Waals surface area contributed by atoms with Crippen LogP contribution < -0.4 is 4.84 Å². The monoisotopic (exact) mass is 247 g/mol. The lowest BCUT2D eigenvalue weighted by Gasteiger charge is -1.99. The van der Waals surface area contributed by atoms with E-state index in [9.17, 15) is 4.79 Å². The van der Waals surface area contributed by atoms with Gasteiger partial charge in [0.25, 0.3) is 0 Å². The summed E-state index contributed by atoms with van der Waals surface area (Å²) in [7, 11) is 0. The van der Waals surface area contributed by atoms with E-state index >= 15 is 0 Å². The molecular formula is C12H9NO3S. The molecule has 0 saturated carbocycles. The number of nitrogens with zero attached hydrogens (tertiary/aromatic N) is 1. The average molecular weight is 247 g/mol. The van der Waals surface area contributed by atoms with Gasteiger partial charge in [-0.05, 0) is 23.6 Å². The van der Waals surface area contributed by atoms with Gasteiger partial charge in [-0.25, -0.2) is 4.79 Å². The minimum atomic E-state index is -1.11. The van der Waals surface area contributed by atoms with Gasteiger partial charge in [-0.3, -0.25) is 0 Å². The van der Waals surface area contributed by atoms with E-state index < -0.39 is 5.97 Å². The van der Waals surface area contributed by atoms with Crippen molar-refractivity contribution < 1.29 is 14.7 Å². The van der Waals surface area contributed by atoms with Gasteiger partial charge in [0.2, 0.25) is 5.71 Å². The van der Waals surface area contributed by atoms with Gasteiger partial charge in [-0.15, -0.1) is 11.3 Å². The van der Waals surface area contributed by atoms with E-state index in [0.717, 1.165) is 0 Å². The summed E-state index contributed by atoms with van der Waals surface area (Å²) < 4.78 is 0. The highest BCUT2D eigenvalue weighted by atomic mass is 32.1. The van der Waals surface area contributed by atoms with Gasteiger partial charge in [-0.2, -0.15) is 0 Å². The number of benzene rings is 1. The molecular weight excluding hydrogens is 238 g/mol. The standard InChI is InChI=1S/C12H9NO3S/c14-12(15)11(10-7-4-8-17-10)13-16-9-5-2-1-3-6-9/h1-8H,(H,14,15). The summed E-state index contributed by atoms with van der Waals surface area (Å²) in [5, 5.41) is 14.5. The molecule has 0 saturated heterocycles. The first kappa shape index (κ1) is 11.3. The van der Waals surface area contributed by atoms with Crippen molar-refractivity contribution >= 4 is 23.0 Å². The van der Waals surface area contributed by atoms with Crippen molar-refractivity contribution in [2.45, 2.75) is 0 Å². The summed E-state index contributed by atoms with van der Waals surface area (Å²) in [5.74, 6) is -0.605. The molecule has 2 aromatic rings. The zero-order chi connectivity index (χ0) is 12.1. The molecule has 1 aromatic carbocycles. The maximum atomic E-state index is 11.0. The fraction of sp³-hybridized carbons (Fsp3) is 0. The Morgan fingerprint density at radius 1 is 1.18 bits per heavy atom. The number of aliphatic carboxylic acids is 1. The van der Waals surface area contributed by atoms with E-state index in [1.54, 1.807) is 41.8 Å². The highest BCUT2D eigenvalue weighted by molar-refractivity contribution is 7.13. The molecule has 0 aliphatic carbocycles. The zero-order valence-corrected chi connectivity index (χ0v) is 9.55. The first-order chi connectivity index (χ1) is 8.27. The van der Waals surface area contributed by atoms with E-state index in [4.69, 9.17) is 9.94 Å². The number of oxime groups is 1. The van der Waals surface area contributed by atoms with Crippen LogP contribution >= 0.6 is 11.3 Å². The molecule has 0 bridgehead atoms. The van der Waals surface area contributed by atoms with Crippen molar-refractivity contribution in [1.82, 2.24) is 0 Å². The second kappa shape index (κ2) is 5.27. The molecule has 0 atom stereocenters. The number of carboxylic acids is 1. The summed E-state index contributed by atoms with van der Waals surface area (Å²) in [6.45, 7) is 0. The molecule has 17 heavy (non-hydrogen) atoms. The van der Waals surface area contributed by atoms with Crippen LogP contribution in [0.4, 0.5) is 0 Å². The Hall–Kier alpha value is -2.14. The zero-order valence-electron chi connectivity index (χ0n) is 8.74. The molecule has 0 fully saturated rings. The molecule has 0 radical (unpaired) electrons. The van der Waals surface area contributed by atoms with Crippen molar-refractivity contribution in [3.05, 3.63) is 52.7 Å². The van der Waals surface area contributed by atoms with Crippen molar-refractivity contribution in [3.63, 3.8) is 0 Å². The molecule has 0 spiro atoms. The summed E-state index contributed by atoms with van der Waals surface area (Å²) in [5.41, 5.74) is -0.0937. The van der Waals surface area contributed by atoms with Crippen LogP contribution in [-0.2, 0) is 4.79 Å². The van der Waals surface area contributed by atoms with Gasteiger partial charge in [0.15, 0.2) is 5.75 Å². The molecule has 86 valence electrons. The van der Waals surface area contributed by atoms with E-state index in [1.165, 1.54) is 11.3 Å². The number of hydrogen-bond donors (Lipinski definition) is 1. The highest BCUT2D eigenvalue weighted by Crippen LogP contribution is 2.13. The molecule has 5 heteroatoms. The van der Waals surface area contributed by atoms with Crippen LogP contribution in [-0.4, -0.2) is 16.8 Å². The third-order valence-corrected chi connectivity index (χ3v) is 2.82. The third kappa shape index (κ3) is 2.92. The Bertz CT molecular complexity index is 520. The van der Waals surface area contributed by atoms with E-state index in [0.29, 0.717) is 10.6 Å².